The summed E-state index contributed by atoms with van der Waals surface area (Å²) in [6, 6.07) is 2.35. The van der Waals surface area contributed by atoms with Gasteiger partial charge in [-0.15, -0.1) is 5.10 Å². The van der Waals surface area contributed by atoms with E-state index in [1.54, 1.807) is 29.1 Å². The second-order valence-electron chi connectivity index (χ2n) is 8.99. The summed E-state index contributed by atoms with van der Waals surface area (Å²) in [5, 5.41) is 7.46. The first-order chi connectivity index (χ1) is 17.9. The number of amides is 1. The van der Waals surface area contributed by atoms with Crippen LogP contribution in [0.5, 0.6) is 0 Å². The Kier molecular flexibility index (Phi) is 9.33. The molecule has 0 spiro atoms. The van der Waals surface area contributed by atoms with Gasteiger partial charge in [-0.2, -0.15) is 0 Å². The molecular weight excluding hydrogens is 518 g/mol. The van der Waals surface area contributed by atoms with Gasteiger partial charge >= 0.3 is 17.9 Å². The first-order valence-electron chi connectivity index (χ1n) is 11.9. The molecule has 1 N–H and O–H groups in total. The summed E-state index contributed by atoms with van der Waals surface area (Å²) in [5.74, 6) is -1.93. The van der Waals surface area contributed by atoms with Crippen LogP contribution in [0.25, 0.3) is 11.4 Å². The quantitative estimate of drug-likeness (QED) is 0.292. The smallest absolute Gasteiger partial charge is 0.303 e. The van der Waals surface area contributed by atoms with Crippen molar-refractivity contribution in [3.8, 4) is 11.4 Å². The summed E-state index contributed by atoms with van der Waals surface area (Å²) < 4.78 is 25.9. The summed E-state index contributed by atoms with van der Waals surface area (Å²) in [4.78, 5) is 52.1. The van der Waals surface area contributed by atoms with Crippen molar-refractivity contribution in [1.29, 1.82) is 0 Å². The van der Waals surface area contributed by atoms with Crippen LogP contribution in [0, 0.1) is 4.77 Å². The van der Waals surface area contributed by atoms with E-state index in [4.69, 9.17) is 36.3 Å². The molecule has 2 aromatic rings. The van der Waals surface area contributed by atoms with Crippen molar-refractivity contribution in [1.82, 2.24) is 24.6 Å². The van der Waals surface area contributed by atoms with Crippen LogP contribution in [0.4, 0.5) is 0 Å². The Balaban J connectivity index is 2.21. The third-order valence-electron chi connectivity index (χ3n) is 5.62. The number of esters is 3. The maximum atomic E-state index is 12.3. The Morgan fingerprint density at radius 2 is 1.63 bits per heavy atom. The van der Waals surface area contributed by atoms with Gasteiger partial charge in [0.15, 0.2) is 24.3 Å². The summed E-state index contributed by atoms with van der Waals surface area (Å²) in [6.45, 7) is 8.39. The topological polar surface area (TPSA) is 153 Å². The molecule has 0 unspecified atom stereocenters. The van der Waals surface area contributed by atoms with Crippen molar-refractivity contribution in [3.05, 3.63) is 29.3 Å². The molecule has 0 saturated carbocycles. The molecule has 1 aliphatic heterocycles. The van der Waals surface area contributed by atoms with E-state index in [2.05, 4.69) is 10.3 Å². The normalized spacial score (nSPS) is 23.0. The molecular formula is C24H31N5O8S. The summed E-state index contributed by atoms with van der Waals surface area (Å²) in [5.41, 5.74) is 0.733. The van der Waals surface area contributed by atoms with E-state index < -0.39 is 54.4 Å². The molecule has 0 bridgehead atoms. The number of hydrogen-bond donors (Lipinski definition) is 1. The predicted molar refractivity (Wildman–Crippen MR) is 134 cm³/mol. The molecule has 14 heteroatoms. The lowest BCUT2D eigenvalue weighted by molar-refractivity contribution is -0.239. The molecule has 0 aliphatic carbocycles. The highest BCUT2D eigenvalue weighted by molar-refractivity contribution is 7.71. The fraction of sp³-hybridized carbons (Fsp3) is 0.542. The Bertz CT molecular complexity index is 1240. The maximum absolute atomic E-state index is 12.3. The van der Waals surface area contributed by atoms with Gasteiger partial charge < -0.3 is 24.3 Å². The van der Waals surface area contributed by atoms with Gasteiger partial charge in [0.2, 0.25) is 10.7 Å². The zero-order valence-electron chi connectivity index (χ0n) is 21.9. The molecule has 3 rings (SSSR count). The van der Waals surface area contributed by atoms with E-state index >= 15 is 0 Å². The van der Waals surface area contributed by atoms with E-state index in [0.29, 0.717) is 5.82 Å². The van der Waals surface area contributed by atoms with Crippen LogP contribution in [0.2, 0.25) is 0 Å². The van der Waals surface area contributed by atoms with Gasteiger partial charge in [-0.1, -0.05) is 0 Å². The number of carbonyl (C=O) groups excluding carboxylic acids is 4. The lowest BCUT2D eigenvalue weighted by Gasteiger charge is -2.45. The second-order valence-corrected chi connectivity index (χ2v) is 9.36. The number of hydrogen-bond acceptors (Lipinski definition) is 11. The minimum Gasteiger partial charge on any atom is -0.463 e. The average molecular weight is 550 g/mol. The number of rotatable bonds is 8. The van der Waals surface area contributed by atoms with Crippen molar-refractivity contribution in [3.63, 3.8) is 0 Å². The van der Waals surface area contributed by atoms with E-state index in [0.717, 1.165) is 5.56 Å². The number of pyridine rings is 1. The van der Waals surface area contributed by atoms with E-state index in [1.165, 1.54) is 32.4 Å². The van der Waals surface area contributed by atoms with Gasteiger partial charge in [0.1, 0.15) is 18.8 Å². The number of aromatic nitrogens is 4. The average Bonchev–Trinajstić information content (AvgIpc) is 3.17. The Morgan fingerprint density at radius 1 is 1.03 bits per heavy atom. The Hall–Kier alpha value is -3.65. The Labute approximate surface area is 224 Å². The molecule has 1 saturated heterocycles. The highest BCUT2D eigenvalue weighted by Crippen LogP contribution is 2.34. The van der Waals surface area contributed by atoms with Crippen molar-refractivity contribution in [2.75, 3.05) is 6.61 Å². The van der Waals surface area contributed by atoms with Gasteiger partial charge in [0, 0.05) is 51.7 Å². The molecule has 1 amide bonds. The monoisotopic (exact) mass is 549 g/mol. The third-order valence-corrected chi connectivity index (χ3v) is 6.00. The third kappa shape index (κ3) is 6.61. The first-order valence-corrected chi connectivity index (χ1v) is 12.3. The van der Waals surface area contributed by atoms with Gasteiger partial charge in [-0.3, -0.25) is 28.7 Å². The lowest BCUT2D eigenvalue weighted by Crippen LogP contribution is -2.64. The zero-order chi connectivity index (χ0) is 28.1. The number of carbonyl (C=O) groups is 4. The highest BCUT2D eigenvalue weighted by atomic mass is 32.1. The van der Waals surface area contributed by atoms with E-state index in [1.807, 2.05) is 13.8 Å². The molecule has 13 nitrogen and oxygen atoms in total. The van der Waals surface area contributed by atoms with E-state index in [-0.39, 0.29) is 17.4 Å². The van der Waals surface area contributed by atoms with Crippen molar-refractivity contribution < 1.29 is 38.1 Å². The summed E-state index contributed by atoms with van der Waals surface area (Å²) in [6.07, 6.45) is -1.43. The number of ether oxygens (including phenoxy) is 4. The lowest BCUT2D eigenvalue weighted by atomic mass is 9.95. The fourth-order valence-corrected chi connectivity index (χ4v) is 4.68. The predicted octanol–water partition coefficient (Wildman–Crippen LogP) is 1.89. The van der Waals surface area contributed by atoms with Crippen molar-refractivity contribution >= 4 is 36.0 Å². The summed E-state index contributed by atoms with van der Waals surface area (Å²) in [7, 11) is 0. The SMILES string of the molecule is CC(=O)N[C@@H]1[C@@H](OC(C)=O)[C@H](OC(C)=O)[C@@H](COC(C)=O)O[C@H]1n1nc(-c2ccncc2)n(C(C)C)c1=S. The molecule has 3 heterocycles. The van der Waals surface area contributed by atoms with Crippen LogP contribution < -0.4 is 5.32 Å². The van der Waals surface area contributed by atoms with Crippen LogP contribution in [0.15, 0.2) is 24.5 Å². The molecule has 0 aromatic carbocycles. The summed E-state index contributed by atoms with van der Waals surface area (Å²) >= 11 is 5.78. The minimum absolute atomic E-state index is 0.114. The molecule has 1 aliphatic rings. The number of nitrogens with zero attached hydrogens (tertiary/aromatic N) is 4. The minimum atomic E-state index is -1.23. The maximum Gasteiger partial charge on any atom is 0.303 e. The van der Waals surface area contributed by atoms with Gasteiger partial charge in [0.05, 0.1) is 0 Å². The molecule has 2 aromatic heterocycles. The van der Waals surface area contributed by atoms with Crippen molar-refractivity contribution in [2.45, 2.75) is 78.2 Å². The first kappa shape index (κ1) is 28.9. The van der Waals surface area contributed by atoms with Crippen LogP contribution >= 0.6 is 12.2 Å². The van der Waals surface area contributed by atoms with Crippen LogP contribution in [-0.4, -0.2) is 74.1 Å². The Morgan fingerprint density at radius 3 is 2.16 bits per heavy atom. The van der Waals surface area contributed by atoms with Crippen LogP contribution in [0.1, 0.15) is 53.8 Å². The molecule has 5 atom stereocenters. The molecule has 206 valence electrons. The standard InChI is InChI=1S/C24H31N5O8S/c1-12(2)28-22(17-7-9-25-10-8-17)27-29(24(28)38)23-19(26-13(3)30)21(36-16(6)33)20(35-15(5)32)18(37-23)11-34-14(4)31/h7-10,12,18-21,23H,11H2,1-6H3,(H,26,30)/t18-,19-,20-,21-,23-/m1/s1. The van der Waals surface area contributed by atoms with E-state index in [9.17, 15) is 19.2 Å². The van der Waals surface area contributed by atoms with Gasteiger partial charge in [-0.05, 0) is 38.2 Å². The van der Waals surface area contributed by atoms with Crippen LogP contribution in [0.3, 0.4) is 0 Å². The zero-order valence-corrected chi connectivity index (χ0v) is 22.8. The highest BCUT2D eigenvalue weighted by Gasteiger charge is 2.52. The van der Waals surface area contributed by atoms with Gasteiger partial charge in [-0.25, -0.2) is 4.68 Å². The largest absolute Gasteiger partial charge is 0.463 e. The molecule has 0 radical (unpaired) electrons. The van der Waals surface area contributed by atoms with Gasteiger partial charge in [0.25, 0.3) is 0 Å². The van der Waals surface area contributed by atoms with Crippen molar-refractivity contribution in [2.24, 2.45) is 0 Å². The van der Waals surface area contributed by atoms with Crippen LogP contribution in [-0.2, 0) is 38.1 Å². The second kappa shape index (κ2) is 12.3. The number of nitrogens with one attached hydrogen (secondary N) is 1. The fourth-order valence-electron chi connectivity index (χ4n) is 4.24. The molecule has 38 heavy (non-hydrogen) atoms. The molecule has 1 fully saturated rings.